The van der Waals surface area contributed by atoms with Crippen molar-refractivity contribution in [2.75, 3.05) is 26.2 Å². The molecule has 3 nitrogen and oxygen atoms in total. The van der Waals surface area contributed by atoms with Crippen molar-refractivity contribution in [2.24, 2.45) is 0 Å². The molecule has 0 atom stereocenters. The zero-order valence-corrected chi connectivity index (χ0v) is 12.5. The lowest BCUT2D eigenvalue weighted by molar-refractivity contribution is 0.233. The van der Waals surface area contributed by atoms with Crippen LogP contribution in [0.4, 0.5) is 0 Å². The van der Waals surface area contributed by atoms with E-state index in [1.807, 2.05) is 18.2 Å². The lowest BCUT2D eigenvalue weighted by Crippen LogP contribution is -2.42. The Morgan fingerprint density at radius 3 is 2.62 bits per heavy atom. The number of aryl methyl sites for hydroxylation is 1. The van der Waals surface area contributed by atoms with Crippen LogP contribution >= 0.6 is 0 Å². The van der Waals surface area contributed by atoms with Gasteiger partial charge in [0.25, 0.3) is 0 Å². The van der Waals surface area contributed by atoms with Crippen molar-refractivity contribution < 1.29 is 5.11 Å². The molecule has 110 valence electrons. The SMILES string of the molecule is Cc1cc(CN2CCNCC2)ccc1-c1cccc(O)c1. The molecule has 3 heteroatoms. The van der Waals surface area contributed by atoms with E-state index < -0.39 is 0 Å². The van der Waals surface area contributed by atoms with Gasteiger partial charge in [-0.05, 0) is 41.3 Å². The van der Waals surface area contributed by atoms with Crippen LogP contribution in [-0.4, -0.2) is 36.2 Å². The minimum Gasteiger partial charge on any atom is -0.508 e. The van der Waals surface area contributed by atoms with E-state index in [2.05, 4.69) is 35.3 Å². The second-order valence-electron chi connectivity index (χ2n) is 5.73. The first kappa shape index (κ1) is 14.1. The molecule has 0 radical (unpaired) electrons. The van der Waals surface area contributed by atoms with Gasteiger partial charge in [-0.1, -0.05) is 30.3 Å². The fourth-order valence-electron chi connectivity index (χ4n) is 2.95. The Hall–Kier alpha value is -1.84. The Balaban J connectivity index is 1.79. The Morgan fingerprint density at radius 2 is 1.90 bits per heavy atom. The van der Waals surface area contributed by atoms with Crippen molar-refractivity contribution >= 4 is 0 Å². The van der Waals surface area contributed by atoms with Gasteiger partial charge in [-0.25, -0.2) is 0 Å². The zero-order chi connectivity index (χ0) is 14.7. The van der Waals surface area contributed by atoms with Gasteiger partial charge in [0.05, 0.1) is 0 Å². The number of hydrogen-bond donors (Lipinski definition) is 2. The maximum Gasteiger partial charge on any atom is 0.116 e. The highest BCUT2D eigenvalue weighted by atomic mass is 16.3. The summed E-state index contributed by atoms with van der Waals surface area (Å²) in [6.45, 7) is 7.56. The third-order valence-electron chi connectivity index (χ3n) is 4.06. The summed E-state index contributed by atoms with van der Waals surface area (Å²) in [6, 6.07) is 14.1. The number of nitrogens with one attached hydrogen (secondary N) is 1. The van der Waals surface area contributed by atoms with E-state index in [1.165, 1.54) is 16.7 Å². The summed E-state index contributed by atoms with van der Waals surface area (Å²) in [4.78, 5) is 2.49. The molecule has 0 saturated carbocycles. The number of phenols is 1. The predicted molar refractivity (Wildman–Crippen MR) is 86.4 cm³/mol. The quantitative estimate of drug-likeness (QED) is 0.908. The van der Waals surface area contributed by atoms with Crippen LogP contribution in [0.15, 0.2) is 42.5 Å². The van der Waals surface area contributed by atoms with Gasteiger partial charge in [0, 0.05) is 32.7 Å². The molecule has 21 heavy (non-hydrogen) atoms. The first-order valence-corrected chi connectivity index (χ1v) is 7.54. The monoisotopic (exact) mass is 282 g/mol. The van der Waals surface area contributed by atoms with E-state index in [9.17, 15) is 5.11 Å². The van der Waals surface area contributed by atoms with Crippen LogP contribution in [0.5, 0.6) is 5.75 Å². The molecule has 0 aliphatic carbocycles. The van der Waals surface area contributed by atoms with Gasteiger partial charge < -0.3 is 10.4 Å². The minimum atomic E-state index is 0.316. The highest BCUT2D eigenvalue weighted by Gasteiger charge is 2.11. The van der Waals surface area contributed by atoms with Crippen molar-refractivity contribution in [3.63, 3.8) is 0 Å². The van der Waals surface area contributed by atoms with Crippen molar-refractivity contribution in [1.29, 1.82) is 0 Å². The number of nitrogens with zero attached hydrogens (tertiary/aromatic N) is 1. The number of rotatable bonds is 3. The van der Waals surface area contributed by atoms with E-state index in [0.29, 0.717) is 5.75 Å². The normalized spacial score (nSPS) is 16.0. The van der Waals surface area contributed by atoms with E-state index >= 15 is 0 Å². The van der Waals surface area contributed by atoms with Gasteiger partial charge in [0.15, 0.2) is 0 Å². The van der Waals surface area contributed by atoms with Crippen LogP contribution in [0.3, 0.4) is 0 Å². The summed E-state index contributed by atoms with van der Waals surface area (Å²) in [5, 5.41) is 13.0. The second-order valence-corrected chi connectivity index (χ2v) is 5.73. The predicted octanol–water partition coefficient (Wildman–Crippen LogP) is 2.77. The molecule has 1 fully saturated rings. The van der Waals surface area contributed by atoms with Crippen molar-refractivity contribution in [2.45, 2.75) is 13.5 Å². The smallest absolute Gasteiger partial charge is 0.116 e. The summed E-state index contributed by atoms with van der Waals surface area (Å²) in [6.07, 6.45) is 0. The van der Waals surface area contributed by atoms with Crippen molar-refractivity contribution in [3.05, 3.63) is 53.6 Å². The molecule has 1 saturated heterocycles. The minimum absolute atomic E-state index is 0.316. The van der Waals surface area contributed by atoms with Gasteiger partial charge in [-0.15, -0.1) is 0 Å². The average Bonchev–Trinajstić information content (AvgIpc) is 2.48. The third-order valence-corrected chi connectivity index (χ3v) is 4.06. The molecule has 0 spiro atoms. The van der Waals surface area contributed by atoms with Crippen LogP contribution in [0.25, 0.3) is 11.1 Å². The molecule has 0 aromatic heterocycles. The van der Waals surface area contributed by atoms with Crippen molar-refractivity contribution in [1.82, 2.24) is 10.2 Å². The van der Waals surface area contributed by atoms with Crippen LogP contribution in [-0.2, 0) is 6.54 Å². The first-order valence-electron chi connectivity index (χ1n) is 7.54. The lowest BCUT2D eigenvalue weighted by Gasteiger charge is -2.27. The van der Waals surface area contributed by atoms with E-state index in [0.717, 1.165) is 38.3 Å². The standard InChI is InChI=1S/C18H22N2O/c1-14-11-15(13-20-9-7-19-8-10-20)5-6-18(14)16-3-2-4-17(21)12-16/h2-6,11-12,19,21H,7-10,13H2,1H3. The van der Waals surface area contributed by atoms with Crippen molar-refractivity contribution in [3.8, 4) is 16.9 Å². The fraction of sp³-hybridized carbons (Fsp3) is 0.333. The summed E-state index contributed by atoms with van der Waals surface area (Å²) < 4.78 is 0. The molecule has 0 amide bonds. The zero-order valence-electron chi connectivity index (χ0n) is 12.5. The van der Waals surface area contributed by atoms with Gasteiger partial charge in [-0.3, -0.25) is 4.90 Å². The molecule has 2 N–H and O–H groups in total. The molecule has 1 heterocycles. The van der Waals surface area contributed by atoms with Crippen LogP contribution < -0.4 is 5.32 Å². The van der Waals surface area contributed by atoms with Gasteiger partial charge in [0.1, 0.15) is 5.75 Å². The van der Waals surface area contributed by atoms with E-state index in [4.69, 9.17) is 0 Å². The van der Waals surface area contributed by atoms with Crippen LogP contribution in [0.1, 0.15) is 11.1 Å². The maximum absolute atomic E-state index is 9.62. The van der Waals surface area contributed by atoms with Gasteiger partial charge in [0.2, 0.25) is 0 Å². The Labute approximate surface area is 126 Å². The third kappa shape index (κ3) is 3.43. The largest absolute Gasteiger partial charge is 0.508 e. The summed E-state index contributed by atoms with van der Waals surface area (Å²) in [5.74, 6) is 0.316. The number of aromatic hydroxyl groups is 1. The number of hydrogen-bond acceptors (Lipinski definition) is 3. The Morgan fingerprint density at radius 1 is 1.10 bits per heavy atom. The second kappa shape index (κ2) is 6.29. The molecule has 2 aromatic rings. The molecular weight excluding hydrogens is 260 g/mol. The molecular formula is C18H22N2O. The Kier molecular flexibility index (Phi) is 4.23. The number of phenolic OH excluding ortho intramolecular Hbond substituents is 1. The maximum atomic E-state index is 9.62. The topological polar surface area (TPSA) is 35.5 Å². The Bertz CT molecular complexity index is 618. The van der Waals surface area contributed by atoms with E-state index in [-0.39, 0.29) is 0 Å². The molecule has 2 aromatic carbocycles. The number of piperazine rings is 1. The summed E-state index contributed by atoms with van der Waals surface area (Å²) in [7, 11) is 0. The summed E-state index contributed by atoms with van der Waals surface area (Å²) >= 11 is 0. The fourth-order valence-corrected chi connectivity index (χ4v) is 2.95. The van der Waals surface area contributed by atoms with Gasteiger partial charge in [-0.2, -0.15) is 0 Å². The lowest BCUT2D eigenvalue weighted by atomic mass is 9.98. The van der Waals surface area contributed by atoms with Crippen LogP contribution in [0.2, 0.25) is 0 Å². The van der Waals surface area contributed by atoms with Gasteiger partial charge >= 0.3 is 0 Å². The summed E-state index contributed by atoms with van der Waals surface area (Å²) in [5.41, 5.74) is 4.88. The highest BCUT2D eigenvalue weighted by Crippen LogP contribution is 2.27. The average molecular weight is 282 g/mol. The molecule has 0 unspecified atom stereocenters. The molecule has 0 bridgehead atoms. The molecule has 1 aliphatic rings. The highest BCUT2D eigenvalue weighted by molar-refractivity contribution is 5.68. The first-order chi connectivity index (χ1) is 10.2. The number of benzene rings is 2. The molecule has 1 aliphatic heterocycles. The van der Waals surface area contributed by atoms with Crippen LogP contribution in [0, 0.1) is 6.92 Å². The molecule has 3 rings (SSSR count). The van der Waals surface area contributed by atoms with E-state index in [1.54, 1.807) is 6.07 Å².